The Kier molecular flexibility index (Phi) is 9.36. The minimum absolute atomic E-state index is 0.347. The lowest BCUT2D eigenvalue weighted by Crippen LogP contribution is -2.09. The number of rotatable bonds is 10. The maximum atomic E-state index is 5.10. The summed E-state index contributed by atoms with van der Waals surface area (Å²) < 4.78 is 1.74. The fourth-order valence-corrected chi connectivity index (χ4v) is 7.03. The van der Waals surface area contributed by atoms with Crippen molar-refractivity contribution < 1.29 is 0 Å². The summed E-state index contributed by atoms with van der Waals surface area (Å²) in [4.78, 5) is 11.0. The van der Waals surface area contributed by atoms with Gasteiger partial charge < -0.3 is 5.32 Å². The molecule has 0 spiro atoms. The number of hydrogen-bond donors (Lipinski definition) is 1. The van der Waals surface area contributed by atoms with E-state index in [2.05, 4.69) is 20.6 Å². The van der Waals surface area contributed by atoms with E-state index in [1.165, 1.54) is 11.8 Å². The monoisotopic (exact) mass is 729 g/mol. The highest BCUT2D eigenvalue weighted by Gasteiger charge is 2.20. The summed E-state index contributed by atoms with van der Waals surface area (Å²) in [7, 11) is 0. The van der Waals surface area contributed by atoms with Crippen molar-refractivity contribution in [3.8, 4) is 62.2 Å². The first kappa shape index (κ1) is 33.5. The fourth-order valence-electron chi connectivity index (χ4n) is 6.24. The number of aromatic nitrogens is 8. The third-order valence-electron chi connectivity index (χ3n) is 8.85. The van der Waals surface area contributed by atoms with Crippen LogP contribution in [0.25, 0.3) is 62.2 Å². The van der Waals surface area contributed by atoms with E-state index in [4.69, 9.17) is 20.2 Å². The molecule has 10 heteroatoms. The van der Waals surface area contributed by atoms with E-state index < -0.39 is 0 Å². The molecule has 0 saturated carbocycles. The maximum Gasteiger partial charge on any atom is 0.271 e. The highest BCUT2D eigenvalue weighted by atomic mass is 32.2. The van der Waals surface area contributed by atoms with E-state index in [0.29, 0.717) is 28.3 Å². The van der Waals surface area contributed by atoms with Gasteiger partial charge in [0.15, 0.2) is 5.82 Å². The predicted molar refractivity (Wildman–Crippen MR) is 218 cm³/mol. The summed E-state index contributed by atoms with van der Waals surface area (Å²) in [6, 6.07) is 60.2. The molecule has 0 saturated heterocycles. The minimum atomic E-state index is 0.347. The van der Waals surface area contributed by atoms with Crippen LogP contribution in [0.15, 0.2) is 192 Å². The molecule has 0 amide bonds. The fraction of sp³-hybridized carbons (Fsp3) is 0. The third-order valence-corrected chi connectivity index (χ3v) is 9.78. The minimum Gasteiger partial charge on any atom is -0.338 e. The molecule has 0 fully saturated rings. The average Bonchev–Trinajstić information content (AvgIpc) is 3.69. The normalized spacial score (nSPS) is 11.0. The molecule has 0 aliphatic carbocycles. The summed E-state index contributed by atoms with van der Waals surface area (Å²) >= 11 is 1.43. The van der Waals surface area contributed by atoms with Gasteiger partial charge in [-0.15, -0.1) is 25.5 Å². The van der Waals surface area contributed by atoms with Crippen LogP contribution in [-0.2, 0) is 0 Å². The molecular weight excluding hydrogens is 699 g/mol. The third kappa shape index (κ3) is 7.22. The topological polar surface area (TPSA) is 107 Å². The van der Waals surface area contributed by atoms with Crippen molar-refractivity contribution >= 4 is 23.3 Å². The highest BCUT2D eigenvalue weighted by molar-refractivity contribution is 7.99. The van der Waals surface area contributed by atoms with Gasteiger partial charge in [-0.3, -0.25) is 0 Å². The lowest BCUT2D eigenvalue weighted by atomic mass is 10.0. The predicted octanol–water partition coefficient (Wildman–Crippen LogP) is 10.5. The van der Waals surface area contributed by atoms with Crippen molar-refractivity contribution in [2.45, 2.75) is 10.1 Å². The van der Waals surface area contributed by atoms with Crippen molar-refractivity contribution in [3.63, 3.8) is 0 Å². The van der Waals surface area contributed by atoms with E-state index >= 15 is 0 Å². The largest absolute Gasteiger partial charge is 0.338 e. The van der Waals surface area contributed by atoms with Gasteiger partial charge in [-0.2, -0.15) is 4.68 Å². The summed E-state index contributed by atoms with van der Waals surface area (Å²) in [5.41, 5.74) is 9.26. The van der Waals surface area contributed by atoms with Gasteiger partial charge in [0.05, 0.1) is 11.4 Å². The van der Waals surface area contributed by atoms with Crippen molar-refractivity contribution in [2.24, 2.45) is 0 Å². The lowest BCUT2D eigenvalue weighted by molar-refractivity contribution is 0.785. The zero-order chi connectivity index (χ0) is 36.8. The molecule has 0 bridgehead atoms. The van der Waals surface area contributed by atoms with Gasteiger partial charge in [0.1, 0.15) is 22.8 Å². The van der Waals surface area contributed by atoms with Gasteiger partial charge in [-0.25, -0.2) is 9.97 Å². The van der Waals surface area contributed by atoms with Gasteiger partial charge in [0.25, 0.3) is 5.95 Å². The molecule has 0 unspecified atom stereocenters. The first-order chi connectivity index (χ1) is 27.3. The molecule has 9 rings (SSSR count). The molecule has 0 radical (unpaired) electrons. The van der Waals surface area contributed by atoms with Crippen LogP contribution < -0.4 is 5.32 Å². The first-order valence-corrected chi connectivity index (χ1v) is 18.5. The Balaban J connectivity index is 1.09. The van der Waals surface area contributed by atoms with E-state index in [1.807, 2.05) is 182 Å². The van der Waals surface area contributed by atoms with Crippen LogP contribution in [0, 0.1) is 0 Å². The SMILES string of the molecule is c1ccc(-c2nnc(Sc3ccccc3Nc3cc(-c4ccccc4)n(-c4nnc(-c5ccccc5)c(-c5ccccc5)n4)n3)nc2-c2ccccc2)cc1. The summed E-state index contributed by atoms with van der Waals surface area (Å²) in [5.74, 6) is 0.951. The molecule has 0 aliphatic rings. The van der Waals surface area contributed by atoms with E-state index in [0.717, 1.165) is 55.5 Å². The van der Waals surface area contributed by atoms with Crippen LogP contribution in [0.5, 0.6) is 0 Å². The van der Waals surface area contributed by atoms with Crippen LogP contribution in [0.3, 0.4) is 0 Å². The Bertz CT molecular complexity index is 2690. The molecule has 0 atom stereocenters. The number of hydrogen-bond acceptors (Lipinski definition) is 9. The molecule has 262 valence electrons. The molecule has 6 aromatic carbocycles. The summed E-state index contributed by atoms with van der Waals surface area (Å²) in [6.07, 6.45) is 0. The molecule has 1 N–H and O–H groups in total. The van der Waals surface area contributed by atoms with Crippen LogP contribution in [0.2, 0.25) is 0 Å². The van der Waals surface area contributed by atoms with Gasteiger partial charge in [0.2, 0.25) is 5.16 Å². The average molecular weight is 730 g/mol. The van der Waals surface area contributed by atoms with Crippen molar-refractivity contribution in [3.05, 3.63) is 182 Å². The Morgan fingerprint density at radius 1 is 0.418 bits per heavy atom. The molecule has 3 heterocycles. The van der Waals surface area contributed by atoms with E-state index in [1.54, 1.807) is 4.68 Å². The Morgan fingerprint density at radius 3 is 1.44 bits per heavy atom. The summed E-state index contributed by atoms with van der Waals surface area (Å²) in [5, 5.41) is 27.7. The van der Waals surface area contributed by atoms with E-state index in [9.17, 15) is 0 Å². The molecule has 55 heavy (non-hydrogen) atoms. The standard InChI is InChI=1S/C45H31N9S/c1-6-18-31(19-7-1)37-30-39(53-54(37)44-47-40(32-20-8-2-9-21-32)42(49-51-44)34-24-12-4-13-25-34)46-36-28-16-17-29-38(36)55-45-48-41(33-22-10-3-11-23-33)43(50-52-45)35-26-14-5-15-27-35/h1-30H,(H,46,53). The zero-order valence-electron chi connectivity index (χ0n) is 29.3. The Labute approximate surface area is 321 Å². The maximum absolute atomic E-state index is 5.10. The van der Waals surface area contributed by atoms with Crippen LogP contribution in [0.4, 0.5) is 11.5 Å². The second-order valence-corrected chi connectivity index (χ2v) is 13.5. The number of nitrogens with one attached hydrogen (secondary N) is 1. The molecule has 9 nitrogen and oxygen atoms in total. The number of benzene rings is 6. The molecule has 3 aromatic heterocycles. The first-order valence-electron chi connectivity index (χ1n) is 17.7. The lowest BCUT2D eigenvalue weighted by Gasteiger charge is -2.12. The van der Waals surface area contributed by atoms with Gasteiger partial charge in [-0.1, -0.05) is 164 Å². The Morgan fingerprint density at radius 2 is 0.873 bits per heavy atom. The second kappa shape index (κ2) is 15.4. The van der Waals surface area contributed by atoms with E-state index in [-0.39, 0.29) is 0 Å². The zero-order valence-corrected chi connectivity index (χ0v) is 30.1. The van der Waals surface area contributed by atoms with Gasteiger partial charge in [0, 0.05) is 38.8 Å². The Hall–Kier alpha value is -7.30. The number of para-hydroxylation sites is 1. The molecular formula is C45H31N9S. The highest BCUT2D eigenvalue weighted by Crippen LogP contribution is 2.37. The molecule has 0 aliphatic heterocycles. The number of anilines is 2. The van der Waals surface area contributed by atoms with Crippen LogP contribution >= 0.6 is 11.8 Å². The van der Waals surface area contributed by atoms with Gasteiger partial charge in [-0.05, 0) is 23.9 Å². The second-order valence-electron chi connectivity index (χ2n) is 12.5. The quantitative estimate of drug-likeness (QED) is 0.147. The van der Waals surface area contributed by atoms with Crippen molar-refractivity contribution in [1.29, 1.82) is 0 Å². The summed E-state index contributed by atoms with van der Waals surface area (Å²) in [6.45, 7) is 0. The molecule has 9 aromatic rings. The van der Waals surface area contributed by atoms with Crippen molar-refractivity contribution in [2.75, 3.05) is 5.32 Å². The van der Waals surface area contributed by atoms with Gasteiger partial charge >= 0.3 is 0 Å². The number of nitrogens with zero attached hydrogens (tertiary/aromatic N) is 8. The van der Waals surface area contributed by atoms with Crippen LogP contribution in [-0.4, -0.2) is 40.1 Å². The van der Waals surface area contributed by atoms with Crippen molar-refractivity contribution in [1.82, 2.24) is 40.1 Å². The van der Waals surface area contributed by atoms with Crippen LogP contribution in [0.1, 0.15) is 0 Å². The smallest absolute Gasteiger partial charge is 0.271 e.